The third-order valence-corrected chi connectivity index (χ3v) is 3.41. The first-order valence-electron chi connectivity index (χ1n) is 7.39. The maximum absolute atomic E-state index is 12.4. The molecule has 2 N–H and O–H groups in total. The molecule has 0 bridgehead atoms. The van der Waals surface area contributed by atoms with Gasteiger partial charge in [0.15, 0.2) is 0 Å². The van der Waals surface area contributed by atoms with Crippen LogP contribution in [-0.2, 0) is 10.2 Å². The van der Waals surface area contributed by atoms with Crippen molar-refractivity contribution in [2.75, 3.05) is 0 Å². The van der Waals surface area contributed by atoms with Crippen molar-refractivity contribution in [3.63, 3.8) is 0 Å². The Balaban J connectivity index is 2.43. The highest BCUT2D eigenvalue weighted by atomic mass is 16.4. The second-order valence-electron chi connectivity index (χ2n) is 6.45. The van der Waals surface area contributed by atoms with Crippen molar-refractivity contribution in [2.24, 2.45) is 0 Å². The standard InChI is InChI=1S/C17H21N3O3/c1-11(16(22)23)18-15(21)13-10-20(12-8-6-5-7-9-12)19-14(13)17(2,3)4/h5-11H,1-4H3,(H,18,21)(H,22,23)/t11-/m1/s1. The average molecular weight is 315 g/mol. The van der Waals surface area contributed by atoms with Gasteiger partial charge in [-0.15, -0.1) is 0 Å². The molecule has 6 heteroatoms. The summed E-state index contributed by atoms with van der Waals surface area (Å²) in [5.41, 5.74) is 1.49. The number of aliphatic carboxylic acids is 1. The van der Waals surface area contributed by atoms with Crippen LogP contribution in [0, 0.1) is 0 Å². The van der Waals surface area contributed by atoms with Crippen LogP contribution >= 0.6 is 0 Å². The third-order valence-electron chi connectivity index (χ3n) is 3.41. The van der Waals surface area contributed by atoms with Crippen LogP contribution in [0.25, 0.3) is 5.69 Å². The predicted molar refractivity (Wildman–Crippen MR) is 86.8 cm³/mol. The van der Waals surface area contributed by atoms with Crippen LogP contribution in [-0.4, -0.2) is 32.8 Å². The summed E-state index contributed by atoms with van der Waals surface area (Å²) < 4.78 is 1.64. The van der Waals surface area contributed by atoms with E-state index < -0.39 is 17.9 Å². The van der Waals surface area contributed by atoms with Crippen LogP contribution in [0.2, 0.25) is 0 Å². The lowest BCUT2D eigenvalue weighted by Gasteiger charge is -2.17. The number of hydrogen-bond acceptors (Lipinski definition) is 3. The summed E-state index contributed by atoms with van der Waals surface area (Å²) in [7, 11) is 0. The molecule has 0 saturated carbocycles. The van der Waals surface area contributed by atoms with Crippen molar-refractivity contribution in [3.8, 4) is 5.69 Å². The molecule has 0 aliphatic heterocycles. The van der Waals surface area contributed by atoms with Gasteiger partial charge in [-0.3, -0.25) is 9.59 Å². The molecular weight excluding hydrogens is 294 g/mol. The van der Waals surface area contributed by atoms with E-state index in [0.29, 0.717) is 11.3 Å². The smallest absolute Gasteiger partial charge is 0.325 e. The summed E-state index contributed by atoms with van der Waals surface area (Å²) in [5.74, 6) is -1.52. The summed E-state index contributed by atoms with van der Waals surface area (Å²) in [6.45, 7) is 7.31. The van der Waals surface area contributed by atoms with E-state index in [2.05, 4.69) is 10.4 Å². The molecule has 2 aromatic rings. The van der Waals surface area contributed by atoms with E-state index in [0.717, 1.165) is 5.69 Å². The number of amides is 1. The highest BCUT2D eigenvalue weighted by Crippen LogP contribution is 2.25. The Labute approximate surface area is 135 Å². The van der Waals surface area contributed by atoms with Gasteiger partial charge in [-0.05, 0) is 19.1 Å². The van der Waals surface area contributed by atoms with Crippen LogP contribution in [0.4, 0.5) is 0 Å². The molecule has 0 aliphatic carbocycles. The fourth-order valence-corrected chi connectivity index (χ4v) is 2.14. The van der Waals surface area contributed by atoms with E-state index in [1.807, 2.05) is 51.1 Å². The minimum absolute atomic E-state index is 0.348. The zero-order valence-electron chi connectivity index (χ0n) is 13.7. The van der Waals surface area contributed by atoms with Gasteiger partial charge in [0.05, 0.1) is 16.9 Å². The van der Waals surface area contributed by atoms with E-state index in [-0.39, 0.29) is 5.41 Å². The molecular formula is C17H21N3O3. The first-order valence-corrected chi connectivity index (χ1v) is 7.39. The van der Waals surface area contributed by atoms with Gasteiger partial charge < -0.3 is 10.4 Å². The zero-order chi connectivity index (χ0) is 17.2. The zero-order valence-corrected chi connectivity index (χ0v) is 13.7. The van der Waals surface area contributed by atoms with Crippen LogP contribution in [0.15, 0.2) is 36.5 Å². The van der Waals surface area contributed by atoms with Crippen molar-refractivity contribution < 1.29 is 14.7 Å². The van der Waals surface area contributed by atoms with Crippen molar-refractivity contribution in [1.29, 1.82) is 0 Å². The molecule has 0 aliphatic rings. The largest absolute Gasteiger partial charge is 0.480 e. The summed E-state index contributed by atoms with van der Waals surface area (Å²) >= 11 is 0. The van der Waals surface area contributed by atoms with Crippen LogP contribution < -0.4 is 5.32 Å². The first-order chi connectivity index (χ1) is 10.7. The maximum Gasteiger partial charge on any atom is 0.325 e. The van der Waals surface area contributed by atoms with Crippen molar-refractivity contribution >= 4 is 11.9 Å². The number of carboxylic acid groups (broad SMARTS) is 1. The summed E-state index contributed by atoms with van der Waals surface area (Å²) in [4.78, 5) is 23.4. The van der Waals surface area contributed by atoms with Gasteiger partial charge >= 0.3 is 5.97 Å². The Bertz CT molecular complexity index is 714. The minimum Gasteiger partial charge on any atom is -0.480 e. The third kappa shape index (κ3) is 3.77. The van der Waals surface area contributed by atoms with Crippen LogP contribution in [0.5, 0.6) is 0 Å². The van der Waals surface area contributed by atoms with E-state index in [9.17, 15) is 9.59 Å². The molecule has 6 nitrogen and oxygen atoms in total. The van der Waals surface area contributed by atoms with Crippen LogP contribution in [0.3, 0.4) is 0 Å². The molecule has 1 atom stereocenters. The molecule has 1 aromatic heterocycles. The lowest BCUT2D eigenvalue weighted by Crippen LogP contribution is -2.39. The fraction of sp³-hybridized carbons (Fsp3) is 0.353. The number of carboxylic acids is 1. The Kier molecular flexibility index (Phi) is 4.54. The van der Waals surface area contributed by atoms with Gasteiger partial charge in [0.2, 0.25) is 0 Å². The molecule has 1 heterocycles. The van der Waals surface area contributed by atoms with Gasteiger partial charge in [0.25, 0.3) is 5.91 Å². The number of carbonyl (C=O) groups is 2. The molecule has 0 fully saturated rings. The highest BCUT2D eigenvalue weighted by Gasteiger charge is 2.27. The van der Waals surface area contributed by atoms with E-state index in [1.165, 1.54) is 6.92 Å². The van der Waals surface area contributed by atoms with E-state index >= 15 is 0 Å². The quantitative estimate of drug-likeness (QED) is 0.907. The normalized spacial score (nSPS) is 12.7. The average Bonchev–Trinajstić information content (AvgIpc) is 2.93. The SMILES string of the molecule is C[C@@H](NC(=O)c1cn(-c2ccccc2)nc1C(C)(C)C)C(=O)O. The van der Waals surface area contributed by atoms with Gasteiger partial charge in [0.1, 0.15) is 6.04 Å². The molecule has 122 valence electrons. The van der Waals surface area contributed by atoms with Crippen LogP contribution in [0.1, 0.15) is 43.7 Å². The molecule has 23 heavy (non-hydrogen) atoms. The Morgan fingerprint density at radius 3 is 2.35 bits per heavy atom. The predicted octanol–water partition coefficient (Wildman–Crippen LogP) is 2.37. The molecule has 0 saturated heterocycles. The molecule has 1 aromatic carbocycles. The van der Waals surface area contributed by atoms with E-state index in [4.69, 9.17) is 5.11 Å². The molecule has 2 rings (SSSR count). The van der Waals surface area contributed by atoms with Gasteiger partial charge in [-0.2, -0.15) is 5.10 Å². The van der Waals surface area contributed by atoms with Gasteiger partial charge in [-0.25, -0.2) is 4.68 Å². The number of para-hydroxylation sites is 1. The second-order valence-corrected chi connectivity index (χ2v) is 6.45. The molecule has 1 amide bonds. The first kappa shape index (κ1) is 16.7. The number of aromatic nitrogens is 2. The number of rotatable bonds is 4. The number of benzene rings is 1. The molecule has 0 radical (unpaired) electrons. The van der Waals surface area contributed by atoms with Crippen molar-refractivity contribution in [3.05, 3.63) is 47.8 Å². The summed E-state index contributed by atoms with van der Waals surface area (Å²) in [6.07, 6.45) is 1.64. The minimum atomic E-state index is -1.08. The number of hydrogen-bond donors (Lipinski definition) is 2. The topological polar surface area (TPSA) is 84.2 Å². The number of nitrogens with zero attached hydrogens (tertiary/aromatic N) is 2. The highest BCUT2D eigenvalue weighted by molar-refractivity contribution is 5.97. The monoisotopic (exact) mass is 315 g/mol. The molecule has 0 spiro atoms. The van der Waals surface area contributed by atoms with Gasteiger partial charge in [-0.1, -0.05) is 39.0 Å². The van der Waals surface area contributed by atoms with E-state index in [1.54, 1.807) is 10.9 Å². The Hall–Kier alpha value is -2.63. The van der Waals surface area contributed by atoms with Crippen molar-refractivity contribution in [1.82, 2.24) is 15.1 Å². The summed E-state index contributed by atoms with van der Waals surface area (Å²) in [5, 5.41) is 16.0. The maximum atomic E-state index is 12.4. The fourth-order valence-electron chi connectivity index (χ4n) is 2.14. The van der Waals surface area contributed by atoms with Crippen molar-refractivity contribution in [2.45, 2.75) is 39.2 Å². The lowest BCUT2D eigenvalue weighted by atomic mass is 9.89. The number of carbonyl (C=O) groups excluding carboxylic acids is 1. The summed E-state index contributed by atoms with van der Waals surface area (Å²) in [6, 6.07) is 8.50. The lowest BCUT2D eigenvalue weighted by molar-refractivity contribution is -0.138. The molecule has 0 unspecified atom stereocenters. The second kappa shape index (κ2) is 6.24. The Morgan fingerprint density at radius 1 is 1.22 bits per heavy atom. The number of nitrogens with one attached hydrogen (secondary N) is 1. The van der Waals surface area contributed by atoms with Gasteiger partial charge in [0, 0.05) is 11.6 Å². The Morgan fingerprint density at radius 2 is 1.83 bits per heavy atom.